The van der Waals surface area contributed by atoms with Gasteiger partial charge in [-0.25, -0.2) is 0 Å². The molecule has 0 saturated carbocycles. The van der Waals surface area contributed by atoms with Gasteiger partial charge in [-0.1, -0.05) is 42.5 Å². The Bertz CT molecular complexity index is 854. The SMILES string of the molecule is CC[N+]12CCC(C(=O)O)CC1[C@]21c2ccccc2CSc2ccccc21.Cl. The average molecular weight is 403 g/mol. The van der Waals surface area contributed by atoms with Gasteiger partial charge in [0.2, 0.25) is 5.54 Å². The summed E-state index contributed by atoms with van der Waals surface area (Å²) in [6.45, 7) is 4.31. The fourth-order valence-corrected chi connectivity index (χ4v) is 7.11. The van der Waals surface area contributed by atoms with Crippen molar-refractivity contribution in [2.75, 3.05) is 13.1 Å². The molecular weight excluding hydrogens is 378 g/mol. The van der Waals surface area contributed by atoms with E-state index in [4.69, 9.17) is 0 Å². The molecule has 3 aliphatic heterocycles. The number of piperidine rings is 1. The maximum atomic E-state index is 11.7. The quantitative estimate of drug-likeness (QED) is 0.585. The van der Waals surface area contributed by atoms with Gasteiger partial charge in [-0.15, -0.1) is 24.2 Å². The van der Waals surface area contributed by atoms with Crippen molar-refractivity contribution in [3.8, 4) is 0 Å². The number of aliphatic carboxylic acids is 1. The molecule has 3 heterocycles. The van der Waals surface area contributed by atoms with Crippen molar-refractivity contribution in [3.05, 3.63) is 65.2 Å². The minimum atomic E-state index is -0.620. The third-order valence-electron chi connectivity index (χ3n) is 7.12. The van der Waals surface area contributed by atoms with Crippen LogP contribution in [0.4, 0.5) is 0 Å². The monoisotopic (exact) mass is 402 g/mol. The second kappa shape index (κ2) is 6.54. The Morgan fingerprint density at radius 1 is 1.19 bits per heavy atom. The fraction of sp³-hybridized carbons (Fsp3) is 0.409. The summed E-state index contributed by atoms with van der Waals surface area (Å²) in [6, 6.07) is 18.1. The van der Waals surface area contributed by atoms with Gasteiger partial charge in [-0.3, -0.25) is 9.28 Å². The van der Waals surface area contributed by atoms with E-state index in [1.807, 2.05) is 11.8 Å². The highest BCUT2D eigenvalue weighted by Crippen LogP contribution is 2.68. The number of fused-ring (bicyclic) bond motifs is 7. The number of thioether (sulfide) groups is 1. The molecule has 0 aromatic heterocycles. The molecular formula is C22H25ClNO2S+. The van der Waals surface area contributed by atoms with Crippen molar-refractivity contribution in [1.82, 2.24) is 0 Å². The Labute approximate surface area is 170 Å². The Morgan fingerprint density at radius 2 is 1.89 bits per heavy atom. The van der Waals surface area contributed by atoms with Gasteiger partial charge < -0.3 is 5.11 Å². The second-order valence-electron chi connectivity index (χ2n) is 7.86. The van der Waals surface area contributed by atoms with Gasteiger partial charge in [-0.05, 0) is 18.6 Å². The predicted octanol–water partition coefficient (Wildman–Crippen LogP) is 4.67. The van der Waals surface area contributed by atoms with E-state index in [0.717, 1.165) is 36.2 Å². The summed E-state index contributed by atoms with van der Waals surface area (Å²) < 4.78 is 1.03. The highest BCUT2D eigenvalue weighted by molar-refractivity contribution is 7.98. The number of hydrogen-bond donors (Lipinski definition) is 1. The highest BCUT2D eigenvalue weighted by Gasteiger charge is 2.81. The molecule has 3 unspecified atom stereocenters. The lowest BCUT2D eigenvalue weighted by atomic mass is 9.82. The van der Waals surface area contributed by atoms with Gasteiger partial charge >= 0.3 is 5.97 Å². The maximum Gasteiger partial charge on any atom is 0.306 e. The molecule has 27 heavy (non-hydrogen) atoms. The Kier molecular flexibility index (Phi) is 4.57. The molecule has 2 saturated heterocycles. The molecule has 1 spiro atoms. The molecule has 3 aliphatic rings. The standard InChI is InChI=1S/C22H23NO2S.ClH/c1-2-23-12-11-15(21(24)25)13-20(23)22(23)17-8-4-3-7-16(17)14-26-19-10-6-5-9-18(19)22;/h3-10,15,20H,2,11-14H2,1H3;1H/p+1/t15?,20?,22-,23?;/m1./s1. The summed E-state index contributed by atoms with van der Waals surface area (Å²) in [6.07, 6.45) is 1.58. The number of rotatable bonds is 2. The summed E-state index contributed by atoms with van der Waals surface area (Å²) in [4.78, 5) is 13.1. The van der Waals surface area contributed by atoms with Crippen LogP contribution in [0.25, 0.3) is 0 Å². The average Bonchev–Trinajstić information content (AvgIpc) is 3.33. The van der Waals surface area contributed by atoms with E-state index >= 15 is 0 Å². The van der Waals surface area contributed by atoms with Crippen LogP contribution in [0, 0.1) is 5.92 Å². The third kappa shape index (κ3) is 2.30. The molecule has 0 amide bonds. The number of likely N-dealkylation sites (N-methyl/N-ethyl adjacent to an activating group) is 1. The zero-order valence-electron chi connectivity index (χ0n) is 15.4. The van der Waals surface area contributed by atoms with Crippen molar-refractivity contribution in [2.45, 2.75) is 42.0 Å². The zero-order chi connectivity index (χ0) is 17.9. The van der Waals surface area contributed by atoms with Crippen LogP contribution in [0.1, 0.15) is 36.5 Å². The van der Waals surface area contributed by atoms with E-state index in [0.29, 0.717) is 6.04 Å². The minimum Gasteiger partial charge on any atom is -0.481 e. The van der Waals surface area contributed by atoms with Gasteiger partial charge in [0.25, 0.3) is 0 Å². The summed E-state index contributed by atoms with van der Waals surface area (Å²) in [5.41, 5.74) is 4.22. The predicted molar refractivity (Wildman–Crippen MR) is 110 cm³/mol. The van der Waals surface area contributed by atoms with E-state index in [9.17, 15) is 9.90 Å². The van der Waals surface area contributed by atoms with Crippen LogP contribution >= 0.6 is 24.2 Å². The van der Waals surface area contributed by atoms with Crippen LogP contribution in [-0.4, -0.2) is 34.7 Å². The molecule has 1 N–H and O–H groups in total. The summed E-state index contributed by atoms with van der Waals surface area (Å²) in [5, 5.41) is 9.65. The van der Waals surface area contributed by atoms with Crippen molar-refractivity contribution >= 4 is 30.1 Å². The molecule has 0 bridgehead atoms. The van der Waals surface area contributed by atoms with Crippen molar-refractivity contribution in [1.29, 1.82) is 0 Å². The van der Waals surface area contributed by atoms with Crippen LogP contribution in [-0.2, 0) is 16.1 Å². The van der Waals surface area contributed by atoms with E-state index < -0.39 is 5.97 Å². The van der Waals surface area contributed by atoms with Gasteiger partial charge in [-0.2, -0.15) is 0 Å². The van der Waals surface area contributed by atoms with Crippen molar-refractivity contribution in [3.63, 3.8) is 0 Å². The van der Waals surface area contributed by atoms with Crippen LogP contribution in [0.15, 0.2) is 53.4 Å². The van der Waals surface area contributed by atoms with Gasteiger partial charge in [0.15, 0.2) is 6.04 Å². The summed E-state index contributed by atoms with van der Waals surface area (Å²) in [7, 11) is 0. The maximum absolute atomic E-state index is 11.7. The van der Waals surface area contributed by atoms with Crippen LogP contribution in [0.3, 0.4) is 0 Å². The Balaban J connectivity index is 0.00000180. The largest absolute Gasteiger partial charge is 0.481 e. The number of halogens is 1. The van der Waals surface area contributed by atoms with Gasteiger partial charge in [0.05, 0.1) is 19.0 Å². The second-order valence-corrected chi connectivity index (χ2v) is 8.87. The number of carbonyl (C=O) groups is 1. The van der Waals surface area contributed by atoms with E-state index in [1.165, 1.54) is 21.6 Å². The lowest BCUT2D eigenvalue weighted by molar-refractivity contribution is -0.845. The molecule has 3 nitrogen and oxygen atoms in total. The van der Waals surface area contributed by atoms with Crippen LogP contribution in [0.5, 0.6) is 0 Å². The number of carboxylic acids is 1. The van der Waals surface area contributed by atoms with E-state index in [-0.39, 0.29) is 23.9 Å². The smallest absolute Gasteiger partial charge is 0.306 e. The normalized spacial score (nSPS) is 33.1. The molecule has 5 heteroatoms. The van der Waals surface area contributed by atoms with Crippen molar-refractivity contribution in [2.24, 2.45) is 5.92 Å². The molecule has 142 valence electrons. The Morgan fingerprint density at radius 3 is 2.63 bits per heavy atom. The Hall–Kier alpha value is -1.49. The molecule has 2 aromatic carbocycles. The molecule has 4 atom stereocenters. The van der Waals surface area contributed by atoms with Crippen molar-refractivity contribution < 1.29 is 14.4 Å². The molecule has 2 fully saturated rings. The first-order chi connectivity index (χ1) is 12.6. The molecule has 2 aromatic rings. The first-order valence-electron chi connectivity index (χ1n) is 9.55. The fourth-order valence-electron chi connectivity index (χ4n) is 6.00. The minimum absolute atomic E-state index is 0. The molecule has 5 rings (SSSR count). The zero-order valence-corrected chi connectivity index (χ0v) is 17.1. The van der Waals surface area contributed by atoms with Crippen LogP contribution < -0.4 is 0 Å². The topological polar surface area (TPSA) is 37.3 Å². The van der Waals surface area contributed by atoms with Crippen LogP contribution in [0.2, 0.25) is 0 Å². The van der Waals surface area contributed by atoms with E-state index in [1.54, 1.807) is 0 Å². The summed E-state index contributed by atoms with van der Waals surface area (Å²) in [5.74, 6) is 0.172. The molecule has 0 aliphatic carbocycles. The number of carboxylic acid groups (broad SMARTS) is 1. The number of hydrogen-bond acceptors (Lipinski definition) is 2. The third-order valence-corrected chi connectivity index (χ3v) is 8.24. The number of nitrogens with zero attached hydrogens (tertiary/aromatic N) is 1. The first kappa shape index (κ1) is 18.9. The first-order valence-corrected chi connectivity index (χ1v) is 10.5. The van der Waals surface area contributed by atoms with E-state index in [2.05, 4.69) is 55.5 Å². The number of benzene rings is 2. The summed E-state index contributed by atoms with van der Waals surface area (Å²) >= 11 is 1.93. The van der Waals surface area contributed by atoms with Gasteiger partial charge in [0, 0.05) is 34.6 Å². The van der Waals surface area contributed by atoms with Gasteiger partial charge in [0.1, 0.15) is 0 Å². The number of quaternary nitrogens is 1. The lowest BCUT2D eigenvalue weighted by Gasteiger charge is -2.30. The highest BCUT2D eigenvalue weighted by atomic mass is 35.5. The lowest BCUT2D eigenvalue weighted by Crippen LogP contribution is -2.41. The molecule has 0 radical (unpaired) electrons.